The van der Waals surface area contributed by atoms with Crippen molar-refractivity contribution < 1.29 is 36.2 Å². The second-order valence-electron chi connectivity index (χ2n) is 5.92. The van der Waals surface area contributed by atoms with Gasteiger partial charge < -0.3 is 9.84 Å². The second kappa shape index (κ2) is 8.95. The van der Waals surface area contributed by atoms with Gasteiger partial charge in [0.1, 0.15) is 5.75 Å². The molecule has 0 aromatic heterocycles. The Morgan fingerprint density at radius 2 is 1.93 bits per heavy atom. The number of nitrogens with one attached hydrogen (secondary N) is 1. The molecule has 0 bridgehead atoms. The first kappa shape index (κ1) is 22.2. The summed E-state index contributed by atoms with van der Waals surface area (Å²) in [6.07, 6.45) is -3.51. The van der Waals surface area contributed by atoms with Crippen LogP contribution in [0.4, 0.5) is 13.2 Å². The number of hydrogen-bond acceptors (Lipinski definition) is 6. The van der Waals surface area contributed by atoms with Crippen LogP contribution in [0.3, 0.4) is 0 Å². The first-order chi connectivity index (χ1) is 13.5. The van der Waals surface area contributed by atoms with Gasteiger partial charge in [0.05, 0.1) is 24.6 Å². The zero-order valence-electron chi connectivity index (χ0n) is 15.1. The molecule has 0 aliphatic carbocycles. The number of ether oxygens (including phenoxy) is 1. The molecule has 0 aliphatic heterocycles. The predicted octanol–water partition coefficient (Wildman–Crippen LogP) is 2.48. The fourth-order valence-electron chi connectivity index (χ4n) is 2.36. The molecule has 156 valence electrons. The van der Waals surface area contributed by atoms with Gasteiger partial charge in [0.25, 0.3) is 5.91 Å². The van der Waals surface area contributed by atoms with E-state index in [4.69, 9.17) is 4.74 Å². The van der Waals surface area contributed by atoms with Gasteiger partial charge in [-0.15, -0.1) is 0 Å². The van der Waals surface area contributed by atoms with Crippen LogP contribution in [0.15, 0.2) is 47.6 Å². The first-order valence-corrected chi connectivity index (χ1v) is 9.88. The lowest BCUT2D eigenvalue weighted by atomic mass is 10.1. The number of methoxy groups -OCH3 is 1. The van der Waals surface area contributed by atoms with Crippen LogP contribution in [-0.2, 0) is 26.6 Å². The number of phenolic OH excluding ortho intramolecular Hbond substituents is 1. The molecule has 0 spiro atoms. The highest BCUT2D eigenvalue weighted by Crippen LogP contribution is 2.30. The van der Waals surface area contributed by atoms with Crippen LogP contribution < -0.4 is 10.2 Å². The molecule has 0 aliphatic rings. The average molecular weight is 430 g/mol. The van der Waals surface area contributed by atoms with E-state index in [1.165, 1.54) is 25.3 Å². The third kappa shape index (κ3) is 6.49. The Balaban J connectivity index is 2.00. The molecular weight excluding hydrogens is 413 g/mol. The normalized spacial score (nSPS) is 12.1. The summed E-state index contributed by atoms with van der Waals surface area (Å²) in [6, 6.07) is 8.43. The quantitative estimate of drug-likeness (QED) is 0.519. The Kier molecular flexibility index (Phi) is 6.85. The van der Waals surface area contributed by atoms with E-state index in [1.807, 2.05) is 5.43 Å². The standard InChI is InChI=1S/C18H17F3N2O5S/c1-28-15-7-3-5-13(17(15)25)9-22-23-16(24)11-29(26,27)10-12-4-2-6-14(8-12)18(19,20)21/h2-9,25H,10-11H2,1H3,(H,23,24). The number of halogens is 3. The first-order valence-electron chi connectivity index (χ1n) is 8.06. The number of amides is 1. The molecule has 11 heteroatoms. The Labute approximate surface area is 164 Å². The number of phenols is 1. The number of carbonyl (C=O) groups is 1. The number of hydrazone groups is 1. The number of carbonyl (C=O) groups excluding carboxylic acids is 1. The van der Waals surface area contributed by atoms with Crippen LogP contribution in [0.25, 0.3) is 0 Å². The van der Waals surface area contributed by atoms with Gasteiger partial charge in [0.15, 0.2) is 21.3 Å². The van der Waals surface area contributed by atoms with Crippen LogP contribution in [0.5, 0.6) is 11.5 Å². The number of benzene rings is 2. The van der Waals surface area contributed by atoms with Gasteiger partial charge in [-0.05, 0) is 23.8 Å². The van der Waals surface area contributed by atoms with Crippen LogP contribution in [0.1, 0.15) is 16.7 Å². The fourth-order valence-corrected chi connectivity index (χ4v) is 3.61. The summed E-state index contributed by atoms with van der Waals surface area (Å²) in [7, 11) is -2.68. The van der Waals surface area contributed by atoms with Gasteiger partial charge in [-0.3, -0.25) is 4.79 Å². The van der Waals surface area contributed by atoms with Crippen molar-refractivity contribution in [1.82, 2.24) is 5.43 Å². The van der Waals surface area contributed by atoms with Gasteiger partial charge in [0.2, 0.25) is 0 Å². The lowest BCUT2D eigenvalue weighted by Gasteiger charge is -2.09. The molecule has 0 radical (unpaired) electrons. The summed E-state index contributed by atoms with van der Waals surface area (Å²) in [5, 5.41) is 13.4. The summed E-state index contributed by atoms with van der Waals surface area (Å²) in [4.78, 5) is 11.8. The molecule has 0 unspecified atom stereocenters. The largest absolute Gasteiger partial charge is 0.504 e. The van der Waals surface area contributed by atoms with Gasteiger partial charge in [-0.25, -0.2) is 13.8 Å². The maximum absolute atomic E-state index is 12.7. The Morgan fingerprint density at radius 3 is 2.59 bits per heavy atom. The van der Waals surface area contributed by atoms with Crippen LogP contribution in [-0.4, -0.2) is 38.5 Å². The molecule has 2 aromatic rings. The third-order valence-corrected chi connectivity index (χ3v) is 5.11. The smallest absolute Gasteiger partial charge is 0.416 e. The minimum Gasteiger partial charge on any atom is -0.504 e. The van der Waals surface area contributed by atoms with Gasteiger partial charge in [-0.2, -0.15) is 18.3 Å². The zero-order chi connectivity index (χ0) is 21.7. The topological polar surface area (TPSA) is 105 Å². The Morgan fingerprint density at radius 1 is 1.24 bits per heavy atom. The van der Waals surface area contributed by atoms with Crippen LogP contribution in [0, 0.1) is 0 Å². The zero-order valence-corrected chi connectivity index (χ0v) is 15.9. The van der Waals surface area contributed by atoms with Crippen molar-refractivity contribution in [2.75, 3.05) is 12.9 Å². The van der Waals surface area contributed by atoms with Gasteiger partial charge in [0, 0.05) is 5.56 Å². The van der Waals surface area contributed by atoms with E-state index in [9.17, 15) is 31.5 Å². The molecule has 0 heterocycles. The highest BCUT2D eigenvalue weighted by molar-refractivity contribution is 7.91. The number of nitrogens with zero attached hydrogens (tertiary/aromatic N) is 1. The van der Waals surface area contributed by atoms with Crippen molar-refractivity contribution in [1.29, 1.82) is 0 Å². The van der Waals surface area contributed by atoms with Crippen molar-refractivity contribution in [3.8, 4) is 11.5 Å². The molecule has 2 aromatic carbocycles. The van der Waals surface area contributed by atoms with Crippen molar-refractivity contribution in [2.45, 2.75) is 11.9 Å². The number of alkyl halides is 3. The minimum atomic E-state index is -4.60. The molecule has 2 rings (SSSR count). The van der Waals surface area contributed by atoms with Crippen LogP contribution >= 0.6 is 0 Å². The highest BCUT2D eigenvalue weighted by Gasteiger charge is 2.30. The molecule has 0 saturated carbocycles. The number of hydrogen-bond donors (Lipinski definition) is 2. The SMILES string of the molecule is COc1cccc(C=NNC(=O)CS(=O)(=O)Cc2cccc(C(F)(F)F)c2)c1O. The number of rotatable bonds is 7. The summed E-state index contributed by atoms with van der Waals surface area (Å²) >= 11 is 0. The number of aromatic hydroxyl groups is 1. The second-order valence-corrected chi connectivity index (χ2v) is 7.99. The molecular formula is C18H17F3N2O5S. The van der Waals surface area contributed by atoms with Crippen LogP contribution in [0.2, 0.25) is 0 Å². The van der Waals surface area contributed by atoms with Crippen molar-refractivity contribution >= 4 is 22.0 Å². The lowest BCUT2D eigenvalue weighted by molar-refractivity contribution is -0.137. The third-order valence-electron chi connectivity index (χ3n) is 3.63. The molecule has 0 atom stereocenters. The van der Waals surface area contributed by atoms with E-state index in [-0.39, 0.29) is 22.6 Å². The van der Waals surface area contributed by atoms with E-state index < -0.39 is 39.0 Å². The summed E-state index contributed by atoms with van der Waals surface area (Å²) in [5.41, 5.74) is 1.15. The van der Waals surface area contributed by atoms with E-state index in [0.29, 0.717) is 0 Å². The monoisotopic (exact) mass is 430 g/mol. The molecule has 7 nitrogen and oxygen atoms in total. The minimum absolute atomic E-state index is 0.0857. The molecule has 0 saturated heterocycles. The fraction of sp³-hybridized carbons (Fsp3) is 0.222. The maximum atomic E-state index is 12.7. The number of para-hydroxylation sites is 1. The van der Waals surface area contributed by atoms with Crippen molar-refractivity contribution in [3.05, 3.63) is 59.2 Å². The lowest BCUT2D eigenvalue weighted by Crippen LogP contribution is -2.27. The molecule has 0 fully saturated rings. The van der Waals surface area contributed by atoms with E-state index in [0.717, 1.165) is 24.4 Å². The van der Waals surface area contributed by atoms with Crippen molar-refractivity contribution in [2.24, 2.45) is 5.10 Å². The summed E-state index contributed by atoms with van der Waals surface area (Å²) < 4.78 is 67.2. The van der Waals surface area contributed by atoms with E-state index in [2.05, 4.69) is 5.10 Å². The van der Waals surface area contributed by atoms with E-state index >= 15 is 0 Å². The van der Waals surface area contributed by atoms with Gasteiger partial charge in [-0.1, -0.05) is 24.3 Å². The summed E-state index contributed by atoms with van der Waals surface area (Å²) in [6.45, 7) is 0. The number of sulfone groups is 1. The van der Waals surface area contributed by atoms with E-state index in [1.54, 1.807) is 6.07 Å². The van der Waals surface area contributed by atoms with Crippen molar-refractivity contribution in [3.63, 3.8) is 0 Å². The Bertz CT molecular complexity index is 1020. The maximum Gasteiger partial charge on any atom is 0.416 e. The molecule has 1 amide bonds. The Hall–Kier alpha value is -3.08. The highest BCUT2D eigenvalue weighted by atomic mass is 32.2. The molecule has 2 N–H and O–H groups in total. The average Bonchev–Trinajstić information content (AvgIpc) is 2.61. The predicted molar refractivity (Wildman–Crippen MR) is 99.3 cm³/mol. The summed E-state index contributed by atoms with van der Waals surface area (Å²) in [5.74, 6) is -2.71. The van der Waals surface area contributed by atoms with Gasteiger partial charge >= 0.3 is 6.18 Å². The molecule has 29 heavy (non-hydrogen) atoms.